The summed E-state index contributed by atoms with van der Waals surface area (Å²) in [5.41, 5.74) is 2.45. The summed E-state index contributed by atoms with van der Waals surface area (Å²) in [6.07, 6.45) is 1.64. The molecule has 3 aromatic rings. The molecular weight excluding hydrogens is 523 g/mol. The molecule has 0 aliphatic carbocycles. The highest BCUT2D eigenvalue weighted by Crippen LogP contribution is 2.35. The normalized spacial score (nSPS) is 16.8. The molecule has 2 aliphatic rings. The molecule has 5 rings (SSSR count). The Balaban J connectivity index is 1.16. The van der Waals surface area contributed by atoms with Gasteiger partial charge >= 0.3 is 0 Å². The number of quaternary nitrogens is 1. The van der Waals surface area contributed by atoms with Crippen molar-refractivity contribution in [1.29, 1.82) is 0 Å². The number of benzene rings is 3. The predicted molar refractivity (Wildman–Crippen MR) is 151 cm³/mol. The van der Waals surface area contributed by atoms with Crippen LogP contribution in [-0.2, 0) is 9.59 Å². The van der Waals surface area contributed by atoms with Gasteiger partial charge in [-0.2, -0.15) is 0 Å². The molecule has 1 saturated heterocycles. The summed E-state index contributed by atoms with van der Waals surface area (Å²) in [5.74, 6) is 0.0756. The predicted octanol–water partition coefficient (Wildman–Crippen LogP) is 3.28. The maximum Gasteiger partial charge on any atom is 0.294 e. The Morgan fingerprint density at radius 3 is 2.47 bits per heavy atom. The molecular formula is C29H29Cl2N4O3+. The van der Waals surface area contributed by atoms with Crippen molar-refractivity contribution >= 4 is 52.5 Å². The third kappa shape index (κ3) is 6.30. The van der Waals surface area contributed by atoms with Crippen molar-refractivity contribution in [2.24, 2.45) is 0 Å². The number of anilines is 2. The van der Waals surface area contributed by atoms with Crippen molar-refractivity contribution in [3.63, 3.8) is 0 Å². The van der Waals surface area contributed by atoms with E-state index in [0.29, 0.717) is 23.0 Å². The molecule has 2 amide bonds. The highest BCUT2D eigenvalue weighted by molar-refractivity contribution is 6.31. The second-order valence-electron chi connectivity index (χ2n) is 9.34. The first kappa shape index (κ1) is 26.1. The van der Waals surface area contributed by atoms with E-state index < -0.39 is 0 Å². The van der Waals surface area contributed by atoms with Gasteiger partial charge < -0.3 is 19.9 Å². The molecule has 0 saturated carbocycles. The van der Waals surface area contributed by atoms with Crippen LogP contribution in [-0.4, -0.2) is 57.6 Å². The van der Waals surface area contributed by atoms with Gasteiger partial charge in [-0.3, -0.25) is 14.5 Å². The third-order valence-corrected chi connectivity index (χ3v) is 7.19. The average Bonchev–Trinajstić information content (AvgIpc) is 2.91. The molecule has 2 aliphatic heterocycles. The smallest absolute Gasteiger partial charge is 0.294 e. The van der Waals surface area contributed by atoms with E-state index in [0.717, 1.165) is 49.0 Å². The monoisotopic (exact) mass is 551 g/mol. The van der Waals surface area contributed by atoms with Crippen LogP contribution in [0.15, 0.2) is 78.6 Å². The standard InChI is InChI=1S/C29H28Cl2N4O3/c30-22-6-3-5-21(17-22)18-27-29(37)35(25-9-1-2-10-26(25)38-27)20-28(36)32-11-12-33-13-15-34(16-14-33)24-8-4-7-23(31)19-24/h1-10,17-19H,11-16,20H2,(H,32,36)/p+1. The van der Waals surface area contributed by atoms with Gasteiger partial charge in [0.15, 0.2) is 11.5 Å². The third-order valence-electron chi connectivity index (χ3n) is 6.72. The van der Waals surface area contributed by atoms with Gasteiger partial charge in [-0.25, -0.2) is 0 Å². The number of fused-ring (bicyclic) bond motifs is 1. The van der Waals surface area contributed by atoms with Gasteiger partial charge in [-0.15, -0.1) is 0 Å². The Morgan fingerprint density at radius 1 is 0.974 bits per heavy atom. The van der Waals surface area contributed by atoms with Crippen molar-refractivity contribution < 1.29 is 19.2 Å². The van der Waals surface area contributed by atoms with Crippen LogP contribution in [0, 0.1) is 0 Å². The fourth-order valence-corrected chi connectivity index (χ4v) is 5.13. The maximum absolute atomic E-state index is 13.3. The van der Waals surface area contributed by atoms with E-state index in [-0.39, 0.29) is 24.1 Å². The lowest BCUT2D eigenvalue weighted by atomic mass is 10.1. The highest BCUT2D eigenvalue weighted by atomic mass is 35.5. The minimum absolute atomic E-state index is 0.0933. The number of hydrogen-bond donors (Lipinski definition) is 2. The molecule has 0 aromatic heterocycles. The number of ether oxygens (including phenoxy) is 1. The molecule has 9 heteroatoms. The van der Waals surface area contributed by atoms with Gasteiger partial charge in [0.25, 0.3) is 5.91 Å². The quantitative estimate of drug-likeness (QED) is 0.442. The molecule has 7 nitrogen and oxygen atoms in total. The lowest BCUT2D eigenvalue weighted by molar-refractivity contribution is -0.899. The van der Waals surface area contributed by atoms with Crippen molar-refractivity contribution in [3.8, 4) is 5.75 Å². The largest absolute Gasteiger partial charge is 0.449 e. The fourth-order valence-electron chi connectivity index (χ4n) is 4.75. The number of carbonyl (C=O) groups is 2. The summed E-state index contributed by atoms with van der Waals surface area (Å²) in [6, 6.07) is 22.3. The van der Waals surface area contributed by atoms with Gasteiger partial charge in [0, 0.05) is 15.7 Å². The van der Waals surface area contributed by atoms with Crippen LogP contribution in [0.5, 0.6) is 5.75 Å². The Hall–Kier alpha value is -3.52. The molecule has 2 heterocycles. The molecule has 3 aromatic carbocycles. The molecule has 0 spiro atoms. The molecule has 0 unspecified atom stereocenters. The van der Waals surface area contributed by atoms with E-state index in [1.807, 2.05) is 36.4 Å². The first-order chi connectivity index (χ1) is 18.5. The molecule has 2 N–H and O–H groups in total. The molecule has 196 valence electrons. The Kier molecular flexibility index (Phi) is 8.17. The number of halogens is 2. The second-order valence-corrected chi connectivity index (χ2v) is 10.2. The van der Waals surface area contributed by atoms with Gasteiger partial charge in [0.05, 0.1) is 45.0 Å². The van der Waals surface area contributed by atoms with Crippen molar-refractivity contribution in [2.75, 3.05) is 55.6 Å². The van der Waals surface area contributed by atoms with E-state index in [1.165, 1.54) is 9.80 Å². The van der Waals surface area contributed by atoms with E-state index in [4.69, 9.17) is 27.9 Å². The van der Waals surface area contributed by atoms with E-state index >= 15 is 0 Å². The molecule has 38 heavy (non-hydrogen) atoms. The first-order valence-electron chi connectivity index (χ1n) is 12.6. The highest BCUT2D eigenvalue weighted by Gasteiger charge is 2.31. The van der Waals surface area contributed by atoms with Crippen LogP contribution in [0.3, 0.4) is 0 Å². The molecule has 0 bridgehead atoms. The van der Waals surface area contributed by atoms with Crippen molar-refractivity contribution in [2.45, 2.75) is 0 Å². The van der Waals surface area contributed by atoms with Crippen LogP contribution in [0.1, 0.15) is 5.56 Å². The lowest BCUT2D eigenvalue weighted by Crippen LogP contribution is -3.15. The van der Waals surface area contributed by atoms with Gasteiger partial charge in [-0.1, -0.05) is 53.5 Å². The van der Waals surface area contributed by atoms with Crippen LogP contribution in [0.4, 0.5) is 11.4 Å². The Bertz CT molecular complexity index is 1350. The second kappa shape index (κ2) is 11.9. The Labute approximate surface area is 232 Å². The maximum atomic E-state index is 13.3. The number of rotatable bonds is 7. The number of carbonyl (C=O) groups excluding carboxylic acids is 2. The summed E-state index contributed by atoms with van der Waals surface area (Å²) < 4.78 is 5.89. The zero-order chi connectivity index (χ0) is 26.5. The number of nitrogens with one attached hydrogen (secondary N) is 2. The summed E-state index contributed by atoms with van der Waals surface area (Å²) >= 11 is 12.2. The van der Waals surface area contributed by atoms with Gasteiger partial charge in [0.2, 0.25) is 5.91 Å². The van der Waals surface area contributed by atoms with Crippen molar-refractivity contribution in [3.05, 3.63) is 94.2 Å². The number of para-hydroxylation sites is 2. The van der Waals surface area contributed by atoms with Gasteiger partial charge in [0.1, 0.15) is 6.54 Å². The lowest BCUT2D eigenvalue weighted by Gasteiger charge is -2.34. The molecule has 0 radical (unpaired) electrons. The topological polar surface area (TPSA) is 66.3 Å². The number of amides is 2. The summed E-state index contributed by atoms with van der Waals surface area (Å²) in [7, 11) is 0. The zero-order valence-electron chi connectivity index (χ0n) is 20.8. The summed E-state index contributed by atoms with van der Waals surface area (Å²) in [4.78, 5) is 31.4. The molecule has 1 fully saturated rings. The van der Waals surface area contributed by atoms with E-state index in [1.54, 1.807) is 36.4 Å². The number of hydrogen-bond acceptors (Lipinski definition) is 4. The van der Waals surface area contributed by atoms with Crippen LogP contribution in [0.2, 0.25) is 10.0 Å². The average molecular weight is 552 g/mol. The first-order valence-corrected chi connectivity index (χ1v) is 13.4. The van der Waals surface area contributed by atoms with Crippen LogP contribution in [0.25, 0.3) is 6.08 Å². The molecule has 0 atom stereocenters. The zero-order valence-corrected chi connectivity index (χ0v) is 22.3. The summed E-state index contributed by atoms with van der Waals surface area (Å²) in [6.45, 7) is 5.10. The van der Waals surface area contributed by atoms with Crippen molar-refractivity contribution in [1.82, 2.24) is 5.32 Å². The fraction of sp³-hybridized carbons (Fsp3) is 0.241. The van der Waals surface area contributed by atoms with E-state index in [2.05, 4.69) is 16.3 Å². The number of piperazine rings is 1. The van der Waals surface area contributed by atoms with Crippen LogP contribution < -0.4 is 24.8 Å². The van der Waals surface area contributed by atoms with Gasteiger partial charge in [-0.05, 0) is 54.1 Å². The van der Waals surface area contributed by atoms with E-state index in [9.17, 15) is 9.59 Å². The number of nitrogens with zero attached hydrogens (tertiary/aromatic N) is 2. The van der Waals surface area contributed by atoms with Crippen LogP contribution >= 0.6 is 23.2 Å². The SMILES string of the molecule is O=C(CN1C(=O)C(=Cc2cccc(Cl)c2)Oc2ccccc21)NCC[NH+]1CCN(c2cccc(Cl)c2)CC1. The summed E-state index contributed by atoms with van der Waals surface area (Å²) in [5, 5.41) is 4.29. The minimum atomic E-state index is -0.374. The minimum Gasteiger partial charge on any atom is -0.449 e. The Morgan fingerprint density at radius 2 is 1.71 bits per heavy atom.